The molecule has 0 saturated carbocycles. The molecule has 0 radical (unpaired) electrons. The summed E-state index contributed by atoms with van der Waals surface area (Å²) in [6.45, 7) is 0.707. The largest absolute Gasteiger partial charge is 0.493 e. The molecular formula is C21H26ClN3O6. The molecule has 31 heavy (non-hydrogen) atoms. The second-order valence-corrected chi connectivity index (χ2v) is 7.35. The number of hydrogen-bond donors (Lipinski definition) is 1. The van der Waals surface area contributed by atoms with Gasteiger partial charge in [-0.2, -0.15) is 9.78 Å². The van der Waals surface area contributed by atoms with Gasteiger partial charge in [0.25, 0.3) is 11.5 Å². The van der Waals surface area contributed by atoms with Crippen LogP contribution in [-0.2, 0) is 16.0 Å². The van der Waals surface area contributed by atoms with E-state index in [1.165, 1.54) is 10.9 Å². The standard InChI is InChI=1S/C21H26ClN3O6/c1-28-15-7-6-14(11-16(15)29-2)8-9-23-18(26)13-31-17-12-24-25(21(27)20(17)22)19-5-3-4-10-30-19/h6-7,11-12,19H,3-5,8-10,13H2,1-2H3,(H,23,26). The van der Waals surface area contributed by atoms with E-state index in [4.69, 9.17) is 30.5 Å². The van der Waals surface area contributed by atoms with E-state index < -0.39 is 11.8 Å². The third-order valence-corrected chi connectivity index (χ3v) is 5.23. The highest BCUT2D eigenvalue weighted by atomic mass is 35.5. The molecule has 0 spiro atoms. The van der Waals surface area contributed by atoms with Crippen LogP contribution in [0.4, 0.5) is 0 Å². The number of rotatable bonds is 9. The Bertz CT molecular complexity index is 959. The summed E-state index contributed by atoms with van der Waals surface area (Å²) in [7, 11) is 3.15. The minimum Gasteiger partial charge on any atom is -0.493 e. The van der Waals surface area contributed by atoms with Gasteiger partial charge in [0.1, 0.15) is 0 Å². The zero-order valence-corrected chi connectivity index (χ0v) is 18.3. The summed E-state index contributed by atoms with van der Waals surface area (Å²) in [5, 5.41) is 6.73. The minimum absolute atomic E-state index is 0.0637. The molecule has 10 heteroatoms. The highest BCUT2D eigenvalue weighted by molar-refractivity contribution is 6.31. The number of amides is 1. The molecule has 1 fully saturated rings. The van der Waals surface area contributed by atoms with Gasteiger partial charge in [-0.3, -0.25) is 9.59 Å². The lowest BCUT2D eigenvalue weighted by Gasteiger charge is -2.23. The highest BCUT2D eigenvalue weighted by Gasteiger charge is 2.21. The molecule has 1 amide bonds. The van der Waals surface area contributed by atoms with E-state index in [1.54, 1.807) is 14.2 Å². The molecule has 1 saturated heterocycles. The van der Waals surface area contributed by atoms with Gasteiger partial charge in [0.2, 0.25) is 0 Å². The topological polar surface area (TPSA) is 101 Å². The van der Waals surface area contributed by atoms with Crippen molar-refractivity contribution < 1.29 is 23.7 Å². The first-order valence-corrected chi connectivity index (χ1v) is 10.4. The Morgan fingerprint density at radius 2 is 2.06 bits per heavy atom. The third kappa shape index (κ3) is 5.89. The van der Waals surface area contributed by atoms with Crippen LogP contribution in [0, 0.1) is 0 Å². The van der Waals surface area contributed by atoms with Crippen molar-refractivity contribution in [1.82, 2.24) is 15.1 Å². The molecule has 1 atom stereocenters. The van der Waals surface area contributed by atoms with Crippen LogP contribution < -0.4 is 25.1 Å². The van der Waals surface area contributed by atoms with E-state index in [0.29, 0.717) is 37.5 Å². The molecule has 9 nitrogen and oxygen atoms in total. The van der Waals surface area contributed by atoms with Crippen LogP contribution in [-0.4, -0.2) is 49.7 Å². The van der Waals surface area contributed by atoms with E-state index in [1.807, 2.05) is 18.2 Å². The van der Waals surface area contributed by atoms with Crippen molar-refractivity contribution in [3.05, 3.63) is 45.3 Å². The first-order valence-electron chi connectivity index (χ1n) is 10.0. The smallest absolute Gasteiger partial charge is 0.291 e. The van der Waals surface area contributed by atoms with Crippen LogP contribution in [0.3, 0.4) is 0 Å². The van der Waals surface area contributed by atoms with Crippen molar-refractivity contribution in [3.8, 4) is 17.2 Å². The van der Waals surface area contributed by atoms with Gasteiger partial charge < -0.3 is 24.3 Å². The van der Waals surface area contributed by atoms with Gasteiger partial charge in [-0.15, -0.1) is 0 Å². The molecule has 1 N–H and O–H groups in total. The summed E-state index contributed by atoms with van der Waals surface area (Å²) in [5.74, 6) is 1.00. The van der Waals surface area contributed by atoms with Crippen LogP contribution in [0.25, 0.3) is 0 Å². The summed E-state index contributed by atoms with van der Waals surface area (Å²) in [6.07, 6.45) is 4.13. The van der Waals surface area contributed by atoms with Gasteiger partial charge in [0, 0.05) is 13.2 Å². The zero-order valence-electron chi connectivity index (χ0n) is 17.6. The number of ether oxygens (including phenoxy) is 4. The van der Waals surface area contributed by atoms with E-state index in [9.17, 15) is 9.59 Å². The lowest BCUT2D eigenvalue weighted by molar-refractivity contribution is -0.123. The number of nitrogens with one attached hydrogen (secondary N) is 1. The van der Waals surface area contributed by atoms with Crippen molar-refractivity contribution in [3.63, 3.8) is 0 Å². The molecule has 2 aromatic rings. The minimum atomic E-state index is -0.500. The van der Waals surface area contributed by atoms with Gasteiger partial charge in [-0.25, -0.2) is 0 Å². The van der Waals surface area contributed by atoms with Gasteiger partial charge in [-0.05, 0) is 43.4 Å². The second-order valence-electron chi connectivity index (χ2n) is 6.97. The summed E-state index contributed by atoms with van der Waals surface area (Å²) in [4.78, 5) is 24.5. The van der Waals surface area contributed by atoms with Crippen LogP contribution in [0.15, 0.2) is 29.2 Å². The molecule has 0 aliphatic carbocycles. The number of halogens is 1. The monoisotopic (exact) mass is 451 g/mol. The van der Waals surface area contributed by atoms with E-state index in [-0.39, 0.29) is 23.3 Å². The Labute approximate surface area is 185 Å². The van der Waals surface area contributed by atoms with Gasteiger partial charge >= 0.3 is 0 Å². The summed E-state index contributed by atoms with van der Waals surface area (Å²) >= 11 is 6.13. The highest BCUT2D eigenvalue weighted by Crippen LogP contribution is 2.27. The fourth-order valence-corrected chi connectivity index (χ4v) is 3.42. The predicted octanol–water partition coefficient (Wildman–Crippen LogP) is 2.35. The third-order valence-electron chi connectivity index (χ3n) is 4.88. The molecule has 1 unspecified atom stereocenters. The maximum atomic E-state index is 12.4. The van der Waals surface area contributed by atoms with Crippen molar-refractivity contribution in [2.45, 2.75) is 31.9 Å². The van der Waals surface area contributed by atoms with Crippen molar-refractivity contribution in [2.75, 3.05) is 34.0 Å². The molecule has 168 valence electrons. The van der Waals surface area contributed by atoms with Crippen molar-refractivity contribution >= 4 is 17.5 Å². The Morgan fingerprint density at radius 1 is 1.26 bits per heavy atom. The number of methoxy groups -OCH3 is 2. The van der Waals surface area contributed by atoms with E-state index in [2.05, 4.69) is 10.4 Å². The van der Waals surface area contributed by atoms with Crippen LogP contribution in [0.5, 0.6) is 17.2 Å². The Kier molecular flexibility index (Phi) is 8.13. The van der Waals surface area contributed by atoms with E-state index in [0.717, 1.165) is 18.4 Å². The van der Waals surface area contributed by atoms with Crippen molar-refractivity contribution in [1.29, 1.82) is 0 Å². The fraction of sp³-hybridized carbons (Fsp3) is 0.476. The number of aromatic nitrogens is 2. The molecule has 1 aliphatic heterocycles. The summed E-state index contributed by atoms with van der Waals surface area (Å²) in [5.41, 5.74) is 0.486. The van der Waals surface area contributed by atoms with Crippen LogP contribution >= 0.6 is 11.6 Å². The Morgan fingerprint density at radius 3 is 2.77 bits per heavy atom. The average molecular weight is 452 g/mol. The average Bonchev–Trinajstić information content (AvgIpc) is 2.80. The quantitative estimate of drug-likeness (QED) is 0.624. The van der Waals surface area contributed by atoms with E-state index >= 15 is 0 Å². The molecule has 1 aliphatic rings. The number of hydrogen-bond acceptors (Lipinski definition) is 7. The van der Waals surface area contributed by atoms with Crippen LogP contribution in [0.1, 0.15) is 31.1 Å². The molecule has 1 aromatic heterocycles. The normalized spacial score (nSPS) is 15.9. The number of nitrogens with zero attached hydrogens (tertiary/aromatic N) is 2. The molecule has 1 aromatic carbocycles. The van der Waals surface area contributed by atoms with Gasteiger partial charge in [0.05, 0.1) is 20.4 Å². The van der Waals surface area contributed by atoms with Gasteiger partial charge in [0.15, 0.2) is 35.1 Å². The first-order chi connectivity index (χ1) is 15.0. The number of carbonyl (C=O) groups is 1. The number of carbonyl (C=O) groups excluding carboxylic acids is 1. The maximum absolute atomic E-state index is 12.4. The Balaban J connectivity index is 1.49. The zero-order chi connectivity index (χ0) is 22.2. The fourth-order valence-electron chi connectivity index (χ4n) is 3.23. The molecule has 2 heterocycles. The molecule has 3 rings (SSSR count). The Hall–Kier alpha value is -2.78. The molecule has 0 bridgehead atoms. The molecular weight excluding hydrogens is 426 g/mol. The second kappa shape index (κ2) is 11.0. The first kappa shape index (κ1) is 22.9. The lowest BCUT2D eigenvalue weighted by atomic mass is 10.1. The maximum Gasteiger partial charge on any atom is 0.291 e. The van der Waals surface area contributed by atoms with Crippen molar-refractivity contribution in [2.24, 2.45) is 0 Å². The lowest BCUT2D eigenvalue weighted by Crippen LogP contribution is -2.33. The van der Waals surface area contributed by atoms with Gasteiger partial charge in [-0.1, -0.05) is 17.7 Å². The summed E-state index contributed by atoms with van der Waals surface area (Å²) < 4.78 is 22.7. The van der Waals surface area contributed by atoms with Crippen LogP contribution in [0.2, 0.25) is 5.02 Å². The SMILES string of the molecule is COc1ccc(CCNC(=O)COc2cnn(C3CCCCO3)c(=O)c2Cl)cc1OC. The predicted molar refractivity (Wildman–Crippen MR) is 114 cm³/mol. The summed E-state index contributed by atoms with van der Waals surface area (Å²) in [6, 6.07) is 5.58. The number of benzene rings is 1.